The number of benzene rings is 2. The van der Waals surface area contributed by atoms with E-state index in [0.717, 1.165) is 35.3 Å². The van der Waals surface area contributed by atoms with Gasteiger partial charge in [-0.15, -0.1) is 0 Å². The van der Waals surface area contributed by atoms with Gasteiger partial charge in [-0.05, 0) is 48.2 Å². The molecule has 0 saturated heterocycles. The number of rotatable bonds is 8. The molecule has 0 atom stereocenters. The molecule has 0 aliphatic rings. The molecule has 2 amide bonds. The van der Waals surface area contributed by atoms with Gasteiger partial charge in [-0.3, -0.25) is 9.59 Å². The fraction of sp³-hybridized carbons (Fsp3) is 0.273. The largest absolute Gasteiger partial charge is 0.326 e. The van der Waals surface area contributed by atoms with Crippen LogP contribution in [0.2, 0.25) is 0 Å². The second-order valence-corrected chi connectivity index (χ2v) is 6.17. The van der Waals surface area contributed by atoms with Crippen LogP contribution in [0.15, 0.2) is 48.5 Å². The van der Waals surface area contributed by atoms with E-state index in [9.17, 15) is 9.59 Å². The van der Waals surface area contributed by atoms with E-state index in [0.29, 0.717) is 12.8 Å². The Hall–Kier alpha value is -2.88. The number of carbonyl (C=O) groups excluding carboxylic acids is 2. The summed E-state index contributed by atoms with van der Waals surface area (Å²) in [6.45, 7) is 3.97. The number of hydrogen-bond acceptors (Lipinski definition) is 2. The van der Waals surface area contributed by atoms with Crippen LogP contribution in [0.25, 0.3) is 12.2 Å². The van der Waals surface area contributed by atoms with Crippen LogP contribution in [0, 0.1) is 0 Å². The van der Waals surface area contributed by atoms with Crippen LogP contribution in [-0.4, -0.2) is 11.8 Å². The summed E-state index contributed by atoms with van der Waals surface area (Å²) in [6.07, 6.45) is 6.79. The highest BCUT2D eigenvalue weighted by Gasteiger charge is 2.01. The number of nitrogens with one attached hydrogen (secondary N) is 2. The van der Waals surface area contributed by atoms with Crippen molar-refractivity contribution < 1.29 is 9.59 Å². The van der Waals surface area contributed by atoms with Gasteiger partial charge in [0.2, 0.25) is 11.8 Å². The molecular formula is C22H26N2O2. The molecule has 0 aliphatic carbocycles. The van der Waals surface area contributed by atoms with Gasteiger partial charge in [-0.25, -0.2) is 0 Å². The average Bonchev–Trinajstić information content (AvgIpc) is 2.63. The maximum Gasteiger partial charge on any atom is 0.224 e. The number of anilines is 2. The Labute approximate surface area is 155 Å². The molecule has 4 heteroatoms. The Kier molecular flexibility index (Phi) is 7.62. The van der Waals surface area contributed by atoms with Crippen LogP contribution in [0.4, 0.5) is 11.4 Å². The van der Waals surface area contributed by atoms with Gasteiger partial charge in [0.1, 0.15) is 0 Å². The minimum absolute atomic E-state index is 0.0434. The fourth-order valence-corrected chi connectivity index (χ4v) is 2.45. The van der Waals surface area contributed by atoms with Gasteiger partial charge in [0.25, 0.3) is 0 Å². The van der Waals surface area contributed by atoms with E-state index in [-0.39, 0.29) is 11.8 Å². The van der Waals surface area contributed by atoms with Gasteiger partial charge in [0.05, 0.1) is 0 Å². The first kappa shape index (κ1) is 19.4. The second kappa shape index (κ2) is 10.2. The van der Waals surface area contributed by atoms with Gasteiger partial charge in [0.15, 0.2) is 0 Å². The third-order valence-corrected chi connectivity index (χ3v) is 3.81. The lowest BCUT2D eigenvalue weighted by molar-refractivity contribution is -0.117. The normalized spacial score (nSPS) is 10.7. The van der Waals surface area contributed by atoms with Crippen molar-refractivity contribution in [2.24, 2.45) is 0 Å². The van der Waals surface area contributed by atoms with E-state index in [4.69, 9.17) is 0 Å². The Morgan fingerprint density at radius 3 is 1.35 bits per heavy atom. The van der Waals surface area contributed by atoms with E-state index in [1.54, 1.807) is 0 Å². The standard InChI is InChI=1S/C22H26N2O2/c1-3-5-21(25)23-19-13-9-17(10-14-19)7-8-18-11-15-20(16-12-18)24-22(26)6-4-2/h7-16H,3-6H2,1-2H3,(H,23,25)(H,24,26). The summed E-state index contributed by atoms with van der Waals surface area (Å²) < 4.78 is 0. The lowest BCUT2D eigenvalue weighted by Gasteiger charge is -2.05. The molecule has 136 valence electrons. The molecule has 0 fully saturated rings. The van der Waals surface area contributed by atoms with E-state index < -0.39 is 0 Å². The van der Waals surface area contributed by atoms with Crippen molar-refractivity contribution in [3.8, 4) is 0 Å². The highest BCUT2D eigenvalue weighted by atomic mass is 16.2. The summed E-state index contributed by atoms with van der Waals surface area (Å²) in [5, 5.41) is 5.75. The lowest BCUT2D eigenvalue weighted by atomic mass is 10.1. The lowest BCUT2D eigenvalue weighted by Crippen LogP contribution is -2.10. The maximum atomic E-state index is 11.6. The van der Waals surface area contributed by atoms with E-state index in [1.165, 1.54) is 0 Å². The zero-order chi connectivity index (χ0) is 18.8. The maximum absolute atomic E-state index is 11.6. The predicted octanol–water partition coefficient (Wildman–Crippen LogP) is 5.33. The van der Waals surface area contributed by atoms with Crippen molar-refractivity contribution in [2.45, 2.75) is 39.5 Å². The number of amides is 2. The molecule has 26 heavy (non-hydrogen) atoms. The molecule has 2 aromatic rings. The molecule has 0 spiro atoms. The summed E-state index contributed by atoms with van der Waals surface area (Å²) >= 11 is 0. The van der Waals surface area contributed by atoms with Gasteiger partial charge < -0.3 is 10.6 Å². The molecule has 0 bridgehead atoms. The Balaban J connectivity index is 1.92. The van der Waals surface area contributed by atoms with Crippen molar-refractivity contribution in [1.82, 2.24) is 0 Å². The molecule has 2 rings (SSSR count). The summed E-state index contributed by atoms with van der Waals surface area (Å²) in [4.78, 5) is 23.2. The smallest absolute Gasteiger partial charge is 0.224 e. The van der Waals surface area contributed by atoms with E-state index in [1.807, 2.05) is 74.5 Å². The molecular weight excluding hydrogens is 324 g/mol. The average molecular weight is 350 g/mol. The minimum Gasteiger partial charge on any atom is -0.326 e. The molecule has 0 heterocycles. The van der Waals surface area contributed by atoms with Crippen LogP contribution >= 0.6 is 0 Å². The van der Waals surface area contributed by atoms with Gasteiger partial charge >= 0.3 is 0 Å². The van der Waals surface area contributed by atoms with Gasteiger partial charge in [-0.1, -0.05) is 50.3 Å². The third kappa shape index (κ3) is 6.55. The zero-order valence-electron chi connectivity index (χ0n) is 15.4. The van der Waals surface area contributed by atoms with Crippen molar-refractivity contribution in [1.29, 1.82) is 0 Å². The van der Waals surface area contributed by atoms with Crippen LogP contribution in [0.3, 0.4) is 0 Å². The molecule has 0 aromatic heterocycles. The Morgan fingerprint density at radius 2 is 1.04 bits per heavy atom. The van der Waals surface area contributed by atoms with Crippen molar-refractivity contribution in [3.05, 3.63) is 59.7 Å². The predicted molar refractivity (Wildman–Crippen MR) is 109 cm³/mol. The highest BCUT2D eigenvalue weighted by Crippen LogP contribution is 2.15. The van der Waals surface area contributed by atoms with E-state index >= 15 is 0 Å². The fourth-order valence-electron chi connectivity index (χ4n) is 2.45. The monoisotopic (exact) mass is 350 g/mol. The van der Waals surface area contributed by atoms with Crippen LogP contribution in [0.5, 0.6) is 0 Å². The second-order valence-electron chi connectivity index (χ2n) is 6.17. The molecule has 0 aliphatic heterocycles. The molecule has 4 nitrogen and oxygen atoms in total. The van der Waals surface area contributed by atoms with Gasteiger partial charge in [0, 0.05) is 24.2 Å². The van der Waals surface area contributed by atoms with Crippen molar-refractivity contribution >= 4 is 35.3 Å². The molecule has 2 aromatic carbocycles. The number of carbonyl (C=O) groups is 2. The molecule has 2 N–H and O–H groups in total. The number of hydrogen-bond donors (Lipinski definition) is 2. The molecule has 0 radical (unpaired) electrons. The molecule has 0 unspecified atom stereocenters. The van der Waals surface area contributed by atoms with Crippen LogP contribution < -0.4 is 10.6 Å². The van der Waals surface area contributed by atoms with Crippen LogP contribution in [-0.2, 0) is 9.59 Å². The topological polar surface area (TPSA) is 58.2 Å². The SMILES string of the molecule is CCCC(=O)Nc1ccc(C=Cc2ccc(NC(=O)CCC)cc2)cc1. The summed E-state index contributed by atoms with van der Waals surface area (Å²) in [5.74, 6) is 0.0869. The van der Waals surface area contributed by atoms with Gasteiger partial charge in [-0.2, -0.15) is 0 Å². The van der Waals surface area contributed by atoms with E-state index in [2.05, 4.69) is 10.6 Å². The quantitative estimate of drug-likeness (QED) is 0.632. The minimum atomic E-state index is 0.0434. The van der Waals surface area contributed by atoms with Crippen molar-refractivity contribution in [3.63, 3.8) is 0 Å². The third-order valence-electron chi connectivity index (χ3n) is 3.81. The zero-order valence-corrected chi connectivity index (χ0v) is 15.4. The first-order valence-corrected chi connectivity index (χ1v) is 9.08. The van der Waals surface area contributed by atoms with Crippen LogP contribution in [0.1, 0.15) is 50.7 Å². The molecule has 0 saturated carbocycles. The van der Waals surface area contributed by atoms with Crippen molar-refractivity contribution in [2.75, 3.05) is 10.6 Å². The first-order valence-electron chi connectivity index (χ1n) is 9.08. The summed E-state index contributed by atoms with van der Waals surface area (Å²) in [6, 6.07) is 15.5. The first-order chi connectivity index (χ1) is 12.6. The Bertz CT molecular complexity index is 681. The summed E-state index contributed by atoms with van der Waals surface area (Å²) in [7, 11) is 0. The highest BCUT2D eigenvalue weighted by molar-refractivity contribution is 5.91. The summed E-state index contributed by atoms with van der Waals surface area (Å²) in [5.41, 5.74) is 3.73. The Morgan fingerprint density at radius 1 is 0.692 bits per heavy atom.